The third-order valence-corrected chi connectivity index (χ3v) is 7.71. The smallest absolute Gasteiger partial charge is 0.341 e. The Labute approximate surface area is 188 Å². The van der Waals surface area contributed by atoms with E-state index in [1.807, 2.05) is 0 Å². The second-order valence-corrected chi connectivity index (χ2v) is 10.2. The minimum atomic E-state index is -4.48. The van der Waals surface area contributed by atoms with Crippen molar-refractivity contribution in [1.82, 2.24) is 24.7 Å². The molecule has 1 saturated heterocycles. The van der Waals surface area contributed by atoms with Gasteiger partial charge in [-0.1, -0.05) is 20.3 Å². The average molecular weight is 465 g/mol. The molecular weight excluding hydrogens is 437 g/mol. The van der Waals surface area contributed by atoms with Gasteiger partial charge in [-0.25, -0.2) is 9.97 Å². The molecule has 1 fully saturated rings. The fraction of sp³-hybridized carbons (Fsp3) is 0.636. The molecule has 5 rings (SSSR count). The lowest BCUT2D eigenvalue weighted by Gasteiger charge is -2.31. The fourth-order valence-corrected chi connectivity index (χ4v) is 5.92. The molecule has 2 aliphatic heterocycles. The number of fused-ring (bicyclic) bond motifs is 2. The molecule has 3 aromatic rings. The maximum absolute atomic E-state index is 13.3. The van der Waals surface area contributed by atoms with Gasteiger partial charge in [-0.3, -0.25) is 0 Å². The summed E-state index contributed by atoms with van der Waals surface area (Å²) in [6.45, 7) is 6.55. The third kappa shape index (κ3) is 3.97. The number of aromatic nitrogens is 5. The van der Waals surface area contributed by atoms with Crippen LogP contribution in [0.1, 0.15) is 67.7 Å². The Morgan fingerprint density at radius 2 is 1.88 bits per heavy atom. The van der Waals surface area contributed by atoms with E-state index < -0.39 is 12.0 Å². The zero-order valence-corrected chi connectivity index (χ0v) is 19.1. The van der Waals surface area contributed by atoms with E-state index in [1.54, 1.807) is 11.3 Å². The molecule has 1 unspecified atom stereocenters. The van der Waals surface area contributed by atoms with E-state index in [0.717, 1.165) is 60.6 Å². The predicted octanol–water partition coefficient (Wildman–Crippen LogP) is 5.22. The molecule has 0 radical (unpaired) electrons. The van der Waals surface area contributed by atoms with Crippen molar-refractivity contribution in [3.05, 3.63) is 28.3 Å². The number of aryl methyl sites for hydroxylation is 1. The van der Waals surface area contributed by atoms with Crippen molar-refractivity contribution in [3.8, 4) is 0 Å². The van der Waals surface area contributed by atoms with Gasteiger partial charge in [0.15, 0.2) is 0 Å². The van der Waals surface area contributed by atoms with Gasteiger partial charge in [0.25, 0.3) is 0 Å². The molecule has 5 heterocycles. The molecule has 2 aliphatic rings. The molecule has 3 aromatic heterocycles. The molecule has 0 aromatic carbocycles. The van der Waals surface area contributed by atoms with Crippen molar-refractivity contribution >= 4 is 27.5 Å². The van der Waals surface area contributed by atoms with Crippen LogP contribution in [0.15, 0.2) is 6.07 Å². The van der Waals surface area contributed by atoms with Crippen LogP contribution < -0.4 is 4.90 Å². The highest BCUT2D eigenvalue weighted by atomic mass is 32.1. The maximum Gasteiger partial charge on any atom is 0.451 e. The standard InChI is InChI=1S/C22H27F3N6S/c1-3-4-15-12-16-18(14-7-10-31-17(11-14)28-29-20(31)22(23,24)25)26-21(27-19(16)32-15)30-8-5-13(2)6-9-30/h12-14H,3-11H2,1-2H3. The topological polar surface area (TPSA) is 59.7 Å². The van der Waals surface area contributed by atoms with Gasteiger partial charge in [0, 0.05) is 42.2 Å². The average Bonchev–Trinajstić information content (AvgIpc) is 3.36. The minimum absolute atomic E-state index is 0.00447. The lowest BCUT2D eigenvalue weighted by molar-refractivity contribution is -0.147. The summed E-state index contributed by atoms with van der Waals surface area (Å²) in [6, 6.07) is 2.18. The highest BCUT2D eigenvalue weighted by Gasteiger charge is 2.40. The fourth-order valence-electron chi connectivity index (χ4n) is 4.78. The lowest BCUT2D eigenvalue weighted by atomic mass is 9.92. The highest BCUT2D eigenvalue weighted by molar-refractivity contribution is 7.18. The van der Waals surface area contributed by atoms with Gasteiger partial charge in [-0.15, -0.1) is 21.5 Å². The molecule has 10 heteroatoms. The summed E-state index contributed by atoms with van der Waals surface area (Å²) in [7, 11) is 0. The number of hydrogen-bond acceptors (Lipinski definition) is 6. The molecular formula is C22H27F3N6S. The number of piperidine rings is 1. The first-order chi connectivity index (χ1) is 15.3. The van der Waals surface area contributed by atoms with Crippen molar-refractivity contribution < 1.29 is 13.2 Å². The van der Waals surface area contributed by atoms with E-state index in [4.69, 9.17) is 9.97 Å². The Bertz CT molecular complexity index is 1110. The van der Waals surface area contributed by atoms with E-state index >= 15 is 0 Å². The summed E-state index contributed by atoms with van der Waals surface area (Å²) >= 11 is 1.71. The van der Waals surface area contributed by atoms with Crippen molar-refractivity contribution in [2.75, 3.05) is 18.0 Å². The molecule has 172 valence electrons. The molecule has 32 heavy (non-hydrogen) atoms. The van der Waals surface area contributed by atoms with Crippen LogP contribution in [0.5, 0.6) is 0 Å². The largest absolute Gasteiger partial charge is 0.451 e. The van der Waals surface area contributed by atoms with Crippen LogP contribution in [0.25, 0.3) is 10.2 Å². The van der Waals surface area contributed by atoms with Crippen LogP contribution >= 0.6 is 11.3 Å². The van der Waals surface area contributed by atoms with Gasteiger partial charge < -0.3 is 9.47 Å². The number of alkyl halides is 3. The van der Waals surface area contributed by atoms with Crippen LogP contribution in [0, 0.1) is 5.92 Å². The Hall–Kier alpha value is -2.23. The van der Waals surface area contributed by atoms with Crippen LogP contribution in [0.3, 0.4) is 0 Å². The number of nitrogens with zero attached hydrogens (tertiary/aromatic N) is 6. The van der Waals surface area contributed by atoms with Gasteiger partial charge in [0.05, 0.1) is 5.69 Å². The van der Waals surface area contributed by atoms with Gasteiger partial charge >= 0.3 is 6.18 Å². The summed E-state index contributed by atoms with van der Waals surface area (Å²) < 4.78 is 41.0. The number of hydrogen-bond donors (Lipinski definition) is 0. The summed E-state index contributed by atoms with van der Waals surface area (Å²) in [5, 5.41) is 8.35. The quantitative estimate of drug-likeness (QED) is 0.530. The monoisotopic (exact) mass is 464 g/mol. The van der Waals surface area contributed by atoms with Crippen molar-refractivity contribution in [2.45, 2.75) is 71.0 Å². The molecule has 0 saturated carbocycles. The Morgan fingerprint density at radius 1 is 1.09 bits per heavy atom. The first-order valence-electron chi connectivity index (χ1n) is 11.4. The molecule has 0 N–H and O–H groups in total. The van der Waals surface area contributed by atoms with E-state index in [1.165, 1.54) is 9.44 Å². The van der Waals surface area contributed by atoms with Gasteiger partial charge in [0.2, 0.25) is 11.8 Å². The summed E-state index contributed by atoms with van der Waals surface area (Å²) in [5.41, 5.74) is 0.949. The SMILES string of the molecule is CCCc1cc2c(C3CCn4c(nnc4C(F)(F)F)C3)nc(N3CCC(C)CC3)nc2s1. The third-order valence-electron chi connectivity index (χ3n) is 6.62. The van der Waals surface area contributed by atoms with Crippen LogP contribution in [-0.2, 0) is 25.6 Å². The Morgan fingerprint density at radius 3 is 2.59 bits per heavy atom. The van der Waals surface area contributed by atoms with Gasteiger partial charge in [-0.05, 0) is 37.7 Å². The van der Waals surface area contributed by atoms with Crippen molar-refractivity contribution in [2.24, 2.45) is 5.92 Å². The molecule has 6 nitrogen and oxygen atoms in total. The van der Waals surface area contributed by atoms with Crippen molar-refractivity contribution in [3.63, 3.8) is 0 Å². The van der Waals surface area contributed by atoms with Crippen LogP contribution in [0.4, 0.5) is 19.1 Å². The number of thiophene rings is 1. The molecule has 0 bridgehead atoms. The molecule has 0 aliphatic carbocycles. The van der Waals surface area contributed by atoms with E-state index in [9.17, 15) is 13.2 Å². The zero-order chi connectivity index (χ0) is 22.5. The number of halogens is 3. The molecule has 0 amide bonds. The number of anilines is 1. The van der Waals surface area contributed by atoms with Gasteiger partial charge in [-0.2, -0.15) is 13.2 Å². The second-order valence-electron chi connectivity index (χ2n) is 9.04. The second kappa shape index (κ2) is 8.28. The maximum atomic E-state index is 13.3. The summed E-state index contributed by atoms with van der Waals surface area (Å²) in [6.07, 6.45) is 0.787. The Kier molecular flexibility index (Phi) is 5.59. The normalized spacial score (nSPS) is 20.2. The molecule has 1 atom stereocenters. The van der Waals surface area contributed by atoms with Gasteiger partial charge in [0.1, 0.15) is 10.7 Å². The van der Waals surface area contributed by atoms with Crippen molar-refractivity contribution in [1.29, 1.82) is 0 Å². The molecule has 0 spiro atoms. The Balaban J connectivity index is 1.52. The summed E-state index contributed by atoms with van der Waals surface area (Å²) in [5.74, 6) is 0.956. The first-order valence-corrected chi connectivity index (χ1v) is 12.2. The van der Waals surface area contributed by atoms with E-state index in [0.29, 0.717) is 24.6 Å². The van der Waals surface area contributed by atoms with E-state index in [2.05, 4.69) is 35.0 Å². The van der Waals surface area contributed by atoms with Crippen LogP contribution in [0.2, 0.25) is 0 Å². The number of rotatable bonds is 4. The minimum Gasteiger partial charge on any atom is -0.341 e. The lowest BCUT2D eigenvalue weighted by Crippen LogP contribution is -2.34. The van der Waals surface area contributed by atoms with E-state index in [-0.39, 0.29) is 12.5 Å². The predicted molar refractivity (Wildman–Crippen MR) is 118 cm³/mol. The van der Waals surface area contributed by atoms with Crippen LogP contribution in [-0.4, -0.2) is 37.8 Å². The summed E-state index contributed by atoms with van der Waals surface area (Å²) in [4.78, 5) is 14.5. The highest BCUT2D eigenvalue weighted by Crippen LogP contribution is 2.38. The zero-order valence-electron chi connectivity index (χ0n) is 18.3. The first kappa shape index (κ1) is 21.6.